The first-order valence-corrected chi connectivity index (χ1v) is 9.57. The summed E-state index contributed by atoms with van der Waals surface area (Å²) in [7, 11) is 0. The monoisotopic (exact) mass is 377 g/mol. The summed E-state index contributed by atoms with van der Waals surface area (Å²) in [5, 5.41) is 7.63. The first-order valence-electron chi connectivity index (χ1n) is 9.57. The number of fused-ring (bicyclic) bond motifs is 1. The highest BCUT2D eigenvalue weighted by Crippen LogP contribution is 2.41. The van der Waals surface area contributed by atoms with Gasteiger partial charge in [0.15, 0.2) is 0 Å². The smallest absolute Gasteiger partial charge is 0.254 e. The largest absolute Gasteiger partial charge is 0.345 e. The molecular weight excluding hydrogens is 353 g/mol. The number of nitrogens with one attached hydrogen (secondary N) is 1. The number of carbonyl (C=O) groups is 1. The van der Waals surface area contributed by atoms with Gasteiger partial charge in [0.2, 0.25) is 0 Å². The Morgan fingerprint density at radius 3 is 2.64 bits per heavy atom. The maximum Gasteiger partial charge on any atom is 0.254 e. The second-order valence-corrected chi connectivity index (χ2v) is 8.24. The van der Waals surface area contributed by atoms with Crippen molar-refractivity contribution in [1.29, 1.82) is 0 Å². The SMILES string of the molecule is CC1(C)Cc2c(cnn2Cc2ccccc2)C(NC(=O)c2ccccc2F)C1. The lowest BCUT2D eigenvalue weighted by Gasteiger charge is -2.36. The molecule has 1 amide bonds. The Morgan fingerprint density at radius 2 is 1.89 bits per heavy atom. The molecule has 4 nitrogen and oxygen atoms in total. The number of nitrogens with zero attached hydrogens (tertiary/aromatic N) is 2. The number of benzene rings is 2. The Balaban J connectivity index is 1.62. The zero-order chi connectivity index (χ0) is 19.7. The summed E-state index contributed by atoms with van der Waals surface area (Å²) in [6, 6.07) is 16.1. The molecule has 0 saturated carbocycles. The lowest BCUT2D eigenvalue weighted by molar-refractivity contribution is 0.0915. The maximum atomic E-state index is 14.0. The van der Waals surface area contributed by atoms with Crippen LogP contribution in [-0.4, -0.2) is 15.7 Å². The van der Waals surface area contributed by atoms with Crippen molar-refractivity contribution in [2.75, 3.05) is 0 Å². The van der Waals surface area contributed by atoms with Crippen molar-refractivity contribution in [3.63, 3.8) is 0 Å². The average molecular weight is 377 g/mol. The Kier molecular flexibility index (Phi) is 4.75. The number of rotatable bonds is 4. The van der Waals surface area contributed by atoms with Crippen molar-refractivity contribution in [2.45, 2.75) is 39.3 Å². The van der Waals surface area contributed by atoms with Gasteiger partial charge in [-0.25, -0.2) is 4.39 Å². The summed E-state index contributed by atoms with van der Waals surface area (Å²) in [5.74, 6) is -0.891. The number of hydrogen-bond acceptors (Lipinski definition) is 2. The molecule has 1 N–H and O–H groups in total. The normalized spacial score (nSPS) is 17.8. The van der Waals surface area contributed by atoms with Gasteiger partial charge in [-0.2, -0.15) is 5.10 Å². The van der Waals surface area contributed by atoms with Gasteiger partial charge in [-0.05, 0) is 36.0 Å². The van der Waals surface area contributed by atoms with Crippen molar-refractivity contribution in [3.05, 3.63) is 89.0 Å². The van der Waals surface area contributed by atoms with Crippen LogP contribution in [0.15, 0.2) is 60.8 Å². The van der Waals surface area contributed by atoms with Crippen LogP contribution in [-0.2, 0) is 13.0 Å². The predicted octanol–water partition coefficient (Wildman–Crippen LogP) is 4.51. The molecule has 28 heavy (non-hydrogen) atoms. The summed E-state index contributed by atoms with van der Waals surface area (Å²) >= 11 is 0. The van der Waals surface area contributed by atoms with Crippen molar-refractivity contribution in [3.8, 4) is 0 Å². The summed E-state index contributed by atoms with van der Waals surface area (Å²) in [6.45, 7) is 5.08. The summed E-state index contributed by atoms with van der Waals surface area (Å²) in [5.41, 5.74) is 3.43. The van der Waals surface area contributed by atoms with Gasteiger partial charge in [0.1, 0.15) is 5.82 Å². The van der Waals surface area contributed by atoms with Crippen LogP contribution in [0.1, 0.15) is 53.5 Å². The number of amides is 1. The van der Waals surface area contributed by atoms with Gasteiger partial charge < -0.3 is 5.32 Å². The molecule has 5 heteroatoms. The van der Waals surface area contributed by atoms with E-state index in [9.17, 15) is 9.18 Å². The van der Waals surface area contributed by atoms with Gasteiger partial charge in [-0.1, -0.05) is 56.3 Å². The van der Waals surface area contributed by atoms with Crippen LogP contribution in [0.2, 0.25) is 0 Å². The molecule has 0 saturated heterocycles. The van der Waals surface area contributed by atoms with Crippen molar-refractivity contribution in [1.82, 2.24) is 15.1 Å². The Hall–Kier alpha value is -2.95. The number of aromatic nitrogens is 2. The third kappa shape index (κ3) is 3.70. The van der Waals surface area contributed by atoms with Gasteiger partial charge in [0.05, 0.1) is 24.3 Å². The van der Waals surface area contributed by atoms with E-state index >= 15 is 0 Å². The van der Waals surface area contributed by atoms with Crippen molar-refractivity contribution in [2.24, 2.45) is 5.41 Å². The van der Waals surface area contributed by atoms with E-state index < -0.39 is 5.82 Å². The van der Waals surface area contributed by atoms with E-state index in [1.54, 1.807) is 12.1 Å². The van der Waals surface area contributed by atoms with Gasteiger partial charge in [-0.15, -0.1) is 0 Å². The van der Waals surface area contributed by atoms with E-state index in [2.05, 4.69) is 36.4 Å². The molecule has 0 aliphatic heterocycles. The highest BCUT2D eigenvalue weighted by molar-refractivity contribution is 5.94. The first-order chi connectivity index (χ1) is 13.4. The molecular formula is C23H24FN3O. The van der Waals surface area contributed by atoms with Crippen molar-refractivity contribution >= 4 is 5.91 Å². The molecule has 0 radical (unpaired) electrons. The number of hydrogen-bond donors (Lipinski definition) is 1. The van der Waals surface area contributed by atoms with E-state index in [-0.39, 0.29) is 22.9 Å². The third-order valence-corrected chi connectivity index (χ3v) is 5.36. The van der Waals surface area contributed by atoms with Crippen LogP contribution in [0.4, 0.5) is 4.39 Å². The molecule has 1 heterocycles. The van der Waals surface area contributed by atoms with E-state index in [0.717, 1.165) is 24.1 Å². The number of halogens is 1. The van der Waals surface area contributed by atoms with Gasteiger partial charge >= 0.3 is 0 Å². The minimum absolute atomic E-state index is 0.00858. The Labute approximate surface area is 164 Å². The molecule has 1 aromatic heterocycles. The van der Waals surface area contributed by atoms with E-state index in [1.165, 1.54) is 17.7 Å². The highest BCUT2D eigenvalue weighted by Gasteiger charge is 2.36. The molecule has 0 bridgehead atoms. The van der Waals surface area contributed by atoms with E-state index in [4.69, 9.17) is 0 Å². The summed E-state index contributed by atoms with van der Waals surface area (Å²) in [6.07, 6.45) is 3.53. The zero-order valence-electron chi connectivity index (χ0n) is 16.2. The molecule has 2 aromatic carbocycles. The van der Waals surface area contributed by atoms with E-state index in [1.807, 2.05) is 29.1 Å². The molecule has 0 spiro atoms. The third-order valence-electron chi connectivity index (χ3n) is 5.36. The predicted molar refractivity (Wildman–Crippen MR) is 106 cm³/mol. The molecule has 144 valence electrons. The quantitative estimate of drug-likeness (QED) is 0.727. The standard InChI is InChI=1S/C23H24FN3O/c1-23(2)12-20(26-22(28)17-10-6-7-11-19(17)24)18-14-25-27(21(18)13-23)15-16-8-4-3-5-9-16/h3-11,14,20H,12-13,15H2,1-2H3,(H,26,28). The maximum absolute atomic E-state index is 14.0. The van der Waals surface area contributed by atoms with Crippen LogP contribution in [0, 0.1) is 11.2 Å². The van der Waals surface area contributed by atoms with E-state index in [0.29, 0.717) is 6.54 Å². The molecule has 1 aliphatic carbocycles. The van der Waals surface area contributed by atoms with Crippen LogP contribution in [0.5, 0.6) is 0 Å². The molecule has 3 aromatic rings. The average Bonchev–Trinajstić information content (AvgIpc) is 3.04. The Morgan fingerprint density at radius 1 is 1.18 bits per heavy atom. The summed E-state index contributed by atoms with van der Waals surface area (Å²) < 4.78 is 16.0. The second kappa shape index (κ2) is 7.23. The second-order valence-electron chi connectivity index (χ2n) is 8.24. The fourth-order valence-corrected chi connectivity index (χ4v) is 4.00. The molecule has 1 atom stereocenters. The van der Waals surface area contributed by atoms with Gasteiger partial charge in [0.25, 0.3) is 5.91 Å². The van der Waals surface area contributed by atoms with Crippen LogP contribution in [0.25, 0.3) is 0 Å². The highest BCUT2D eigenvalue weighted by atomic mass is 19.1. The fourth-order valence-electron chi connectivity index (χ4n) is 4.00. The molecule has 1 aliphatic rings. The molecule has 0 fully saturated rings. The van der Waals surface area contributed by atoms with Gasteiger partial charge in [-0.3, -0.25) is 9.48 Å². The molecule has 4 rings (SSSR count). The molecule has 1 unspecified atom stereocenters. The Bertz CT molecular complexity index is 994. The zero-order valence-corrected chi connectivity index (χ0v) is 16.2. The van der Waals surface area contributed by atoms with Crippen LogP contribution in [0.3, 0.4) is 0 Å². The minimum Gasteiger partial charge on any atom is -0.345 e. The lowest BCUT2D eigenvalue weighted by atomic mass is 9.74. The lowest BCUT2D eigenvalue weighted by Crippen LogP contribution is -2.37. The fraction of sp³-hybridized carbons (Fsp3) is 0.304. The van der Waals surface area contributed by atoms with Crippen LogP contribution >= 0.6 is 0 Å². The van der Waals surface area contributed by atoms with Gasteiger partial charge in [0, 0.05) is 11.3 Å². The van der Waals surface area contributed by atoms with Crippen LogP contribution < -0.4 is 5.32 Å². The van der Waals surface area contributed by atoms with Crippen molar-refractivity contribution < 1.29 is 9.18 Å². The minimum atomic E-state index is -0.505. The topological polar surface area (TPSA) is 46.9 Å². The number of carbonyl (C=O) groups excluding carboxylic acids is 1. The summed E-state index contributed by atoms with van der Waals surface area (Å²) in [4.78, 5) is 12.7. The first kappa shape index (κ1) is 18.4.